The Bertz CT molecular complexity index is 120. The minimum absolute atomic E-state index is 0.618. The van der Waals surface area contributed by atoms with Gasteiger partial charge in [0.2, 0.25) is 0 Å². The third-order valence-electron chi connectivity index (χ3n) is 1.87. The van der Waals surface area contributed by atoms with Gasteiger partial charge in [-0.05, 0) is 6.92 Å². The van der Waals surface area contributed by atoms with Crippen LogP contribution in [0, 0.1) is 0 Å². The molecule has 0 amide bonds. The van der Waals surface area contributed by atoms with Gasteiger partial charge >= 0.3 is 0 Å². The normalized spacial score (nSPS) is 10.1. The van der Waals surface area contributed by atoms with Crippen molar-refractivity contribution in [1.82, 2.24) is 0 Å². The van der Waals surface area contributed by atoms with E-state index in [0.717, 1.165) is 6.61 Å². The maximum absolute atomic E-state index is 5.16. The van der Waals surface area contributed by atoms with Crippen molar-refractivity contribution >= 4 is 0 Å². The number of hydrogen-bond acceptors (Lipinski definition) is 6. The van der Waals surface area contributed by atoms with Gasteiger partial charge in [0.15, 0.2) is 0 Å². The minimum atomic E-state index is 0.618. The molecule has 6 nitrogen and oxygen atoms in total. The number of ether oxygens (including phenoxy) is 6. The Morgan fingerprint density at radius 2 is 0.789 bits per heavy atom. The van der Waals surface area contributed by atoms with E-state index in [1.165, 1.54) is 0 Å². The highest BCUT2D eigenvalue weighted by Crippen LogP contribution is 1.79. The Balaban J connectivity index is 0. The summed E-state index contributed by atoms with van der Waals surface area (Å²) in [5.74, 6) is 0. The first kappa shape index (κ1) is 21.1. The lowest BCUT2D eigenvalue weighted by Crippen LogP contribution is -2.10. The summed E-state index contributed by atoms with van der Waals surface area (Å²) >= 11 is 0. The molecule has 0 unspecified atom stereocenters. The van der Waals surface area contributed by atoms with E-state index < -0.39 is 0 Å². The van der Waals surface area contributed by atoms with Gasteiger partial charge in [-0.25, -0.2) is 0 Å². The van der Waals surface area contributed by atoms with E-state index in [-0.39, 0.29) is 0 Å². The third kappa shape index (κ3) is 27.1. The molecule has 0 aliphatic carbocycles. The Labute approximate surface area is 117 Å². The zero-order valence-corrected chi connectivity index (χ0v) is 12.8. The highest BCUT2D eigenvalue weighted by atomic mass is 16.5. The molecule has 118 valence electrons. The van der Waals surface area contributed by atoms with E-state index in [1.807, 2.05) is 6.92 Å². The van der Waals surface area contributed by atoms with Crippen LogP contribution in [0.5, 0.6) is 0 Å². The van der Waals surface area contributed by atoms with Gasteiger partial charge in [-0.1, -0.05) is 0 Å². The molecule has 19 heavy (non-hydrogen) atoms. The molecule has 0 heterocycles. The zero-order chi connectivity index (χ0) is 14.6. The molecule has 0 bridgehead atoms. The van der Waals surface area contributed by atoms with Crippen LogP contribution in [0.2, 0.25) is 0 Å². The van der Waals surface area contributed by atoms with Crippen LogP contribution in [0.25, 0.3) is 0 Å². The van der Waals surface area contributed by atoms with Gasteiger partial charge in [0, 0.05) is 27.9 Å². The monoisotopic (exact) mass is 282 g/mol. The van der Waals surface area contributed by atoms with Crippen molar-refractivity contribution in [3.8, 4) is 0 Å². The molecule has 0 saturated heterocycles. The first-order chi connectivity index (χ1) is 9.33. The zero-order valence-electron chi connectivity index (χ0n) is 12.8. The van der Waals surface area contributed by atoms with Crippen molar-refractivity contribution in [3.05, 3.63) is 0 Å². The van der Waals surface area contributed by atoms with E-state index in [4.69, 9.17) is 28.4 Å². The molecule has 0 aliphatic heterocycles. The second-order valence-electron chi connectivity index (χ2n) is 3.40. The molecule has 0 N–H and O–H groups in total. The lowest BCUT2D eigenvalue weighted by atomic mass is 10.7. The summed E-state index contributed by atoms with van der Waals surface area (Å²) in [6, 6.07) is 0. The lowest BCUT2D eigenvalue weighted by molar-refractivity contribution is 0.0106. The fourth-order valence-electron chi connectivity index (χ4n) is 0.893. The van der Waals surface area contributed by atoms with Crippen LogP contribution < -0.4 is 0 Å². The van der Waals surface area contributed by atoms with Crippen LogP contribution in [-0.2, 0) is 28.4 Å². The molecule has 0 saturated carbocycles. The average molecular weight is 282 g/mol. The maximum atomic E-state index is 5.16. The highest BCUT2D eigenvalue weighted by molar-refractivity contribution is 4.32. The Morgan fingerprint density at radius 1 is 0.474 bits per heavy atom. The van der Waals surface area contributed by atoms with Crippen molar-refractivity contribution in [1.29, 1.82) is 0 Å². The average Bonchev–Trinajstić information content (AvgIpc) is 2.43. The van der Waals surface area contributed by atoms with Crippen molar-refractivity contribution in [2.45, 2.75) is 6.92 Å². The maximum Gasteiger partial charge on any atom is 0.0701 e. The van der Waals surface area contributed by atoms with E-state index in [2.05, 4.69) is 0 Å². The summed E-state index contributed by atoms with van der Waals surface area (Å²) in [5.41, 5.74) is 0. The number of rotatable bonds is 13. The van der Waals surface area contributed by atoms with Gasteiger partial charge in [-0.3, -0.25) is 0 Å². The van der Waals surface area contributed by atoms with Gasteiger partial charge in [-0.2, -0.15) is 0 Å². The third-order valence-corrected chi connectivity index (χ3v) is 1.87. The summed E-state index contributed by atoms with van der Waals surface area (Å²) in [5, 5.41) is 0. The molecular weight excluding hydrogens is 252 g/mol. The van der Waals surface area contributed by atoms with Crippen molar-refractivity contribution in [2.24, 2.45) is 0 Å². The van der Waals surface area contributed by atoms with Crippen LogP contribution in [0.15, 0.2) is 0 Å². The molecule has 0 aliphatic rings. The smallest absolute Gasteiger partial charge is 0.0701 e. The molecule has 0 atom stereocenters. The summed E-state index contributed by atoms with van der Waals surface area (Å²) in [7, 11) is 4.97. The lowest BCUT2D eigenvalue weighted by Gasteiger charge is -2.04. The van der Waals surface area contributed by atoms with Gasteiger partial charge < -0.3 is 28.4 Å². The summed E-state index contributed by atoms with van der Waals surface area (Å²) in [6.07, 6.45) is 0. The van der Waals surface area contributed by atoms with Gasteiger partial charge in [0.1, 0.15) is 0 Å². The quantitative estimate of drug-likeness (QED) is 0.469. The SMILES string of the molecule is CCOCCOC.COCCOCCOCCOC. The molecule has 0 aromatic carbocycles. The predicted molar refractivity (Wildman–Crippen MR) is 73.8 cm³/mol. The number of methoxy groups -OCH3 is 3. The molecule has 0 radical (unpaired) electrons. The molecule has 0 spiro atoms. The van der Waals surface area contributed by atoms with E-state index in [1.54, 1.807) is 21.3 Å². The van der Waals surface area contributed by atoms with Gasteiger partial charge in [0.05, 0.1) is 52.9 Å². The van der Waals surface area contributed by atoms with Crippen LogP contribution in [0.3, 0.4) is 0 Å². The van der Waals surface area contributed by atoms with E-state index in [0.29, 0.717) is 52.9 Å². The van der Waals surface area contributed by atoms with Crippen LogP contribution in [0.4, 0.5) is 0 Å². The predicted octanol–water partition coefficient (Wildman–Crippen LogP) is 0.982. The standard InChI is InChI=1S/C8H18O4.C5H12O2/c1-9-3-5-11-7-8-12-6-4-10-2;1-3-7-5-4-6-2/h3-8H2,1-2H3;3-5H2,1-2H3. The highest BCUT2D eigenvalue weighted by Gasteiger charge is 1.88. The fourth-order valence-corrected chi connectivity index (χ4v) is 0.893. The number of hydrogen-bond donors (Lipinski definition) is 0. The van der Waals surface area contributed by atoms with Crippen LogP contribution in [-0.4, -0.2) is 80.8 Å². The molecule has 6 heteroatoms. The van der Waals surface area contributed by atoms with Gasteiger partial charge in [0.25, 0.3) is 0 Å². The largest absolute Gasteiger partial charge is 0.382 e. The summed E-state index contributed by atoms with van der Waals surface area (Å²) in [6.45, 7) is 7.93. The topological polar surface area (TPSA) is 55.4 Å². The van der Waals surface area contributed by atoms with Crippen molar-refractivity contribution < 1.29 is 28.4 Å². The fraction of sp³-hybridized carbons (Fsp3) is 1.00. The Morgan fingerprint density at radius 3 is 1.11 bits per heavy atom. The molecule has 0 aromatic heterocycles. The minimum Gasteiger partial charge on any atom is -0.382 e. The van der Waals surface area contributed by atoms with Crippen LogP contribution in [0.1, 0.15) is 6.92 Å². The van der Waals surface area contributed by atoms with Crippen molar-refractivity contribution in [2.75, 3.05) is 80.8 Å². The Hall–Kier alpha value is -0.240. The molecular formula is C13H30O6. The molecule has 0 fully saturated rings. The first-order valence-electron chi connectivity index (χ1n) is 6.53. The first-order valence-corrected chi connectivity index (χ1v) is 6.53. The second kappa shape index (κ2) is 22.9. The summed E-state index contributed by atoms with van der Waals surface area (Å²) < 4.78 is 29.6. The van der Waals surface area contributed by atoms with E-state index >= 15 is 0 Å². The Kier molecular flexibility index (Phi) is 25.4. The summed E-state index contributed by atoms with van der Waals surface area (Å²) in [4.78, 5) is 0. The molecule has 0 rings (SSSR count). The van der Waals surface area contributed by atoms with Crippen LogP contribution >= 0.6 is 0 Å². The second-order valence-corrected chi connectivity index (χ2v) is 3.40. The van der Waals surface area contributed by atoms with Gasteiger partial charge in [-0.15, -0.1) is 0 Å². The van der Waals surface area contributed by atoms with Crippen molar-refractivity contribution in [3.63, 3.8) is 0 Å². The van der Waals surface area contributed by atoms with E-state index in [9.17, 15) is 0 Å². The molecule has 0 aromatic rings.